The van der Waals surface area contributed by atoms with Gasteiger partial charge in [-0.3, -0.25) is 4.79 Å². The predicted molar refractivity (Wildman–Crippen MR) is 113 cm³/mol. The van der Waals surface area contributed by atoms with E-state index in [1.807, 2.05) is 29.2 Å². The topological polar surface area (TPSA) is 77.8 Å². The average Bonchev–Trinajstić information content (AvgIpc) is 3.03. The Morgan fingerprint density at radius 3 is 2.62 bits per heavy atom. The van der Waals surface area contributed by atoms with E-state index in [2.05, 4.69) is 6.92 Å². The molecule has 5 nitrogen and oxygen atoms in total. The number of hydrogen-bond acceptors (Lipinski definition) is 3. The number of unbranched alkanes of at least 4 members (excludes halogenated alkanes) is 1. The van der Waals surface area contributed by atoms with Crippen molar-refractivity contribution in [1.82, 2.24) is 4.90 Å². The molecule has 2 atom stereocenters. The molecule has 2 N–H and O–H groups in total. The number of carbonyl (C=O) groups excluding carboxylic acids is 1. The molecular formula is C24H33NO4. The Morgan fingerprint density at radius 2 is 2.03 bits per heavy atom. The van der Waals surface area contributed by atoms with Gasteiger partial charge in [0.2, 0.25) is 5.91 Å². The van der Waals surface area contributed by atoms with E-state index in [1.165, 1.54) is 6.42 Å². The lowest BCUT2D eigenvalue weighted by Gasteiger charge is -2.45. The summed E-state index contributed by atoms with van der Waals surface area (Å²) in [6.07, 6.45) is 12.3. The molecule has 29 heavy (non-hydrogen) atoms. The van der Waals surface area contributed by atoms with Crippen LogP contribution in [0.1, 0.15) is 74.2 Å². The van der Waals surface area contributed by atoms with E-state index < -0.39 is 12.1 Å². The van der Waals surface area contributed by atoms with E-state index in [4.69, 9.17) is 5.11 Å². The van der Waals surface area contributed by atoms with Crippen molar-refractivity contribution in [3.8, 4) is 0 Å². The SMILES string of the molecule is CCCCC1(C(O)C=C[C@H]2CCC(=O)N2CCc2ccc(C(=O)O)cc2)CCC1. The van der Waals surface area contributed by atoms with Gasteiger partial charge >= 0.3 is 5.97 Å². The molecule has 0 spiro atoms. The number of aliphatic hydroxyl groups excluding tert-OH is 1. The number of aromatic carboxylic acids is 1. The predicted octanol–water partition coefficient (Wildman–Crippen LogP) is 4.20. The van der Waals surface area contributed by atoms with Gasteiger partial charge in [0.1, 0.15) is 0 Å². The quantitative estimate of drug-likeness (QED) is 0.578. The normalized spacial score (nSPS) is 22.1. The summed E-state index contributed by atoms with van der Waals surface area (Å²) >= 11 is 0. The number of carboxylic acid groups (broad SMARTS) is 1. The molecule has 3 rings (SSSR count). The van der Waals surface area contributed by atoms with Crippen molar-refractivity contribution in [1.29, 1.82) is 0 Å². The van der Waals surface area contributed by atoms with Gasteiger partial charge in [0.15, 0.2) is 0 Å². The molecule has 1 aliphatic carbocycles. The van der Waals surface area contributed by atoms with Crippen molar-refractivity contribution in [2.24, 2.45) is 5.41 Å². The average molecular weight is 400 g/mol. The van der Waals surface area contributed by atoms with Crippen LogP contribution in [0.3, 0.4) is 0 Å². The van der Waals surface area contributed by atoms with E-state index in [-0.39, 0.29) is 22.9 Å². The van der Waals surface area contributed by atoms with Crippen LogP contribution in [0.15, 0.2) is 36.4 Å². The first kappa shape index (κ1) is 21.6. The maximum atomic E-state index is 12.4. The number of benzene rings is 1. The number of amides is 1. The van der Waals surface area contributed by atoms with Gasteiger partial charge in [-0.2, -0.15) is 0 Å². The second-order valence-corrected chi connectivity index (χ2v) is 8.59. The minimum atomic E-state index is -0.932. The number of hydrogen-bond donors (Lipinski definition) is 2. The van der Waals surface area contributed by atoms with Crippen LogP contribution in [-0.2, 0) is 11.2 Å². The van der Waals surface area contributed by atoms with Gasteiger partial charge in [-0.25, -0.2) is 4.79 Å². The summed E-state index contributed by atoms with van der Waals surface area (Å²) in [5.74, 6) is -0.779. The summed E-state index contributed by atoms with van der Waals surface area (Å²) in [6, 6.07) is 6.87. The Balaban J connectivity index is 1.58. The third-order valence-corrected chi connectivity index (χ3v) is 6.74. The summed E-state index contributed by atoms with van der Waals surface area (Å²) in [5, 5.41) is 19.8. The molecule has 5 heteroatoms. The maximum absolute atomic E-state index is 12.4. The molecule has 2 aliphatic rings. The zero-order chi connectivity index (χ0) is 20.9. The van der Waals surface area contributed by atoms with E-state index >= 15 is 0 Å². The van der Waals surface area contributed by atoms with E-state index in [1.54, 1.807) is 12.1 Å². The number of carboxylic acids is 1. The molecule has 1 aromatic rings. The molecule has 0 radical (unpaired) electrons. The second kappa shape index (κ2) is 9.57. The van der Waals surface area contributed by atoms with Crippen molar-refractivity contribution in [3.05, 3.63) is 47.5 Å². The van der Waals surface area contributed by atoms with Crippen molar-refractivity contribution in [3.63, 3.8) is 0 Å². The molecule has 1 amide bonds. The Labute approximate surface area is 173 Å². The van der Waals surface area contributed by atoms with Gasteiger partial charge in [-0.1, -0.05) is 50.5 Å². The highest BCUT2D eigenvalue weighted by atomic mass is 16.4. The number of rotatable bonds is 10. The zero-order valence-corrected chi connectivity index (χ0v) is 17.3. The van der Waals surface area contributed by atoms with Crippen LogP contribution in [0.2, 0.25) is 0 Å². The highest BCUT2D eigenvalue weighted by Crippen LogP contribution is 2.48. The number of nitrogens with zero attached hydrogens (tertiary/aromatic N) is 1. The smallest absolute Gasteiger partial charge is 0.335 e. The van der Waals surface area contributed by atoms with Gasteiger partial charge in [-0.05, 0) is 55.2 Å². The Kier molecular flexibility index (Phi) is 7.12. The first-order chi connectivity index (χ1) is 13.9. The number of carbonyl (C=O) groups is 2. The first-order valence-corrected chi connectivity index (χ1v) is 10.9. The van der Waals surface area contributed by atoms with Crippen LogP contribution in [0, 0.1) is 5.41 Å². The largest absolute Gasteiger partial charge is 0.478 e. The third kappa shape index (κ3) is 5.08. The Morgan fingerprint density at radius 1 is 1.31 bits per heavy atom. The van der Waals surface area contributed by atoms with E-state index in [0.29, 0.717) is 19.4 Å². The van der Waals surface area contributed by atoms with Crippen LogP contribution in [0.25, 0.3) is 0 Å². The number of aliphatic hydroxyl groups is 1. The maximum Gasteiger partial charge on any atom is 0.335 e. The van der Waals surface area contributed by atoms with Gasteiger partial charge in [0.25, 0.3) is 0 Å². The van der Waals surface area contributed by atoms with Crippen LogP contribution >= 0.6 is 0 Å². The lowest BCUT2D eigenvalue weighted by Crippen LogP contribution is -2.40. The summed E-state index contributed by atoms with van der Waals surface area (Å²) in [5.41, 5.74) is 1.34. The van der Waals surface area contributed by atoms with Crippen molar-refractivity contribution in [2.75, 3.05) is 6.54 Å². The second-order valence-electron chi connectivity index (χ2n) is 8.59. The molecule has 1 saturated carbocycles. The van der Waals surface area contributed by atoms with Crippen LogP contribution in [0.5, 0.6) is 0 Å². The van der Waals surface area contributed by atoms with Crippen molar-refractivity contribution >= 4 is 11.9 Å². The molecule has 2 fully saturated rings. The van der Waals surface area contributed by atoms with Crippen LogP contribution < -0.4 is 0 Å². The fraction of sp³-hybridized carbons (Fsp3) is 0.583. The van der Waals surface area contributed by atoms with Crippen molar-refractivity contribution < 1.29 is 19.8 Å². The Hall–Kier alpha value is -2.14. The first-order valence-electron chi connectivity index (χ1n) is 10.9. The van der Waals surface area contributed by atoms with Crippen LogP contribution in [0.4, 0.5) is 0 Å². The van der Waals surface area contributed by atoms with Crippen molar-refractivity contribution in [2.45, 2.75) is 76.9 Å². The summed E-state index contributed by atoms with van der Waals surface area (Å²) in [6.45, 7) is 2.79. The lowest BCUT2D eigenvalue weighted by molar-refractivity contribution is -0.128. The lowest BCUT2D eigenvalue weighted by atomic mass is 9.62. The molecule has 1 aromatic carbocycles. The van der Waals surface area contributed by atoms with E-state index in [0.717, 1.165) is 44.1 Å². The fourth-order valence-electron chi connectivity index (χ4n) is 4.60. The summed E-state index contributed by atoms with van der Waals surface area (Å²) < 4.78 is 0. The Bertz CT molecular complexity index is 736. The summed E-state index contributed by atoms with van der Waals surface area (Å²) in [7, 11) is 0. The van der Waals surface area contributed by atoms with Gasteiger partial charge in [-0.15, -0.1) is 0 Å². The minimum Gasteiger partial charge on any atom is -0.478 e. The molecule has 0 bridgehead atoms. The third-order valence-electron chi connectivity index (χ3n) is 6.74. The molecule has 158 valence electrons. The number of likely N-dealkylation sites (tertiary alicyclic amines) is 1. The van der Waals surface area contributed by atoms with Gasteiger partial charge in [0.05, 0.1) is 17.7 Å². The fourth-order valence-corrected chi connectivity index (χ4v) is 4.60. The molecule has 1 saturated heterocycles. The molecule has 0 aromatic heterocycles. The standard InChI is InChI=1S/C24H33NO4/c1-2-3-14-24(15-4-16-24)21(26)11-9-20-10-12-22(27)25(20)17-13-18-5-7-19(8-6-18)23(28)29/h5-9,11,20-21,26H,2-4,10,12-17H2,1H3,(H,28,29)/t20-,21?/m0/s1. The van der Waals surface area contributed by atoms with E-state index in [9.17, 15) is 14.7 Å². The highest BCUT2D eigenvalue weighted by Gasteiger charge is 2.41. The molecule has 1 aliphatic heterocycles. The summed E-state index contributed by atoms with van der Waals surface area (Å²) in [4.78, 5) is 25.2. The molecular weight excluding hydrogens is 366 g/mol. The monoisotopic (exact) mass is 399 g/mol. The van der Waals surface area contributed by atoms with Gasteiger partial charge in [0, 0.05) is 13.0 Å². The zero-order valence-electron chi connectivity index (χ0n) is 17.3. The highest BCUT2D eigenvalue weighted by molar-refractivity contribution is 5.87. The minimum absolute atomic E-state index is 0.0405. The molecule has 1 unspecified atom stereocenters. The van der Waals surface area contributed by atoms with Crippen LogP contribution in [-0.4, -0.2) is 45.7 Å². The molecule has 1 heterocycles. The van der Waals surface area contributed by atoms with Gasteiger partial charge < -0.3 is 15.1 Å².